The molecule has 1 aromatic heterocycles. The van der Waals surface area contributed by atoms with E-state index < -0.39 is 8.07 Å². The van der Waals surface area contributed by atoms with Crippen molar-refractivity contribution in [3.05, 3.63) is 18.2 Å². The van der Waals surface area contributed by atoms with Gasteiger partial charge in [0.2, 0.25) is 0 Å². The second-order valence-corrected chi connectivity index (χ2v) is 12.9. The number of aryl methyl sites for hydroxylation is 1. The van der Waals surface area contributed by atoms with Gasteiger partial charge in [-0.15, -0.1) is 0 Å². The highest BCUT2D eigenvalue weighted by Gasteiger charge is 2.28. The molecule has 3 heteroatoms. The number of imidazole rings is 1. The van der Waals surface area contributed by atoms with Crippen LogP contribution in [0, 0.1) is 6.92 Å². The SMILES string of the molecule is CCCCCCCCCCC(n1ccnc1C)[Si](C)(C)C. The third-order valence-electron chi connectivity index (χ3n) is 4.53. The van der Waals surface area contributed by atoms with E-state index in [1.165, 1.54) is 63.6 Å². The first-order valence-electron chi connectivity index (χ1n) is 8.96. The Bertz CT molecular complexity index is 379. The molecule has 1 rings (SSSR count). The summed E-state index contributed by atoms with van der Waals surface area (Å²) >= 11 is 0. The summed E-state index contributed by atoms with van der Waals surface area (Å²) in [5.41, 5.74) is 0.708. The molecule has 0 N–H and O–H groups in total. The van der Waals surface area contributed by atoms with Gasteiger partial charge in [-0.2, -0.15) is 0 Å². The molecule has 122 valence electrons. The molecule has 0 saturated carbocycles. The lowest BCUT2D eigenvalue weighted by molar-refractivity contribution is 0.511. The number of unbranched alkanes of at least 4 members (excludes halogenated alkanes) is 7. The van der Waals surface area contributed by atoms with Gasteiger partial charge >= 0.3 is 0 Å². The van der Waals surface area contributed by atoms with Crippen LogP contribution in [0.3, 0.4) is 0 Å². The van der Waals surface area contributed by atoms with Crippen LogP contribution in [-0.4, -0.2) is 17.6 Å². The molecule has 0 aliphatic rings. The first kappa shape index (κ1) is 18.5. The molecule has 1 heterocycles. The maximum absolute atomic E-state index is 4.42. The van der Waals surface area contributed by atoms with Crippen LogP contribution < -0.4 is 0 Å². The van der Waals surface area contributed by atoms with Crippen LogP contribution in [-0.2, 0) is 0 Å². The van der Waals surface area contributed by atoms with Gasteiger partial charge < -0.3 is 4.57 Å². The fourth-order valence-corrected chi connectivity index (χ4v) is 5.36. The fourth-order valence-electron chi connectivity index (χ4n) is 3.18. The van der Waals surface area contributed by atoms with Crippen molar-refractivity contribution in [3.8, 4) is 0 Å². The Balaban J connectivity index is 2.31. The molecule has 0 bridgehead atoms. The lowest BCUT2D eigenvalue weighted by atomic mass is 10.1. The minimum Gasteiger partial charge on any atom is -0.335 e. The summed E-state index contributed by atoms with van der Waals surface area (Å²) in [6.07, 6.45) is 16.7. The number of rotatable bonds is 11. The van der Waals surface area contributed by atoms with Gasteiger partial charge in [-0.3, -0.25) is 0 Å². The molecule has 0 saturated heterocycles. The van der Waals surface area contributed by atoms with Crippen LogP contribution in [0.5, 0.6) is 0 Å². The van der Waals surface area contributed by atoms with Gasteiger partial charge in [-0.05, 0) is 13.3 Å². The van der Waals surface area contributed by atoms with E-state index in [1.807, 2.05) is 6.20 Å². The standard InChI is InChI=1S/C18H36N2Si/c1-6-7-8-9-10-11-12-13-14-18(21(3,4)5)20-16-15-19-17(20)2/h15-16,18H,6-14H2,1-5H3. The highest BCUT2D eigenvalue weighted by molar-refractivity contribution is 6.76. The Morgan fingerprint density at radius 2 is 1.57 bits per heavy atom. The fraction of sp³-hybridized carbons (Fsp3) is 0.833. The number of hydrogen-bond acceptors (Lipinski definition) is 1. The Morgan fingerprint density at radius 1 is 1.00 bits per heavy atom. The van der Waals surface area contributed by atoms with E-state index in [-0.39, 0.29) is 0 Å². The zero-order chi connectivity index (χ0) is 15.7. The van der Waals surface area contributed by atoms with Crippen molar-refractivity contribution >= 4 is 8.07 Å². The average Bonchev–Trinajstić information content (AvgIpc) is 2.81. The zero-order valence-corrected chi connectivity index (χ0v) is 16.0. The summed E-state index contributed by atoms with van der Waals surface area (Å²) in [6, 6.07) is 0. The van der Waals surface area contributed by atoms with Gasteiger partial charge in [-0.25, -0.2) is 4.98 Å². The molecule has 0 aliphatic heterocycles. The molecule has 0 radical (unpaired) electrons. The van der Waals surface area contributed by atoms with E-state index in [0.29, 0.717) is 5.67 Å². The Morgan fingerprint density at radius 3 is 2.05 bits per heavy atom. The molecule has 0 aliphatic carbocycles. The second kappa shape index (κ2) is 9.45. The van der Waals surface area contributed by atoms with E-state index in [4.69, 9.17) is 0 Å². The molecular formula is C18H36N2Si. The quantitative estimate of drug-likeness (QED) is 0.354. The van der Waals surface area contributed by atoms with Crippen molar-refractivity contribution in [2.45, 2.75) is 96.9 Å². The van der Waals surface area contributed by atoms with Gasteiger partial charge in [0.05, 0.1) is 8.07 Å². The number of aromatic nitrogens is 2. The first-order valence-corrected chi connectivity index (χ1v) is 12.5. The first-order chi connectivity index (χ1) is 9.96. The van der Waals surface area contributed by atoms with Crippen LogP contribution >= 0.6 is 0 Å². The van der Waals surface area contributed by atoms with Gasteiger partial charge in [0.25, 0.3) is 0 Å². The predicted molar refractivity (Wildman–Crippen MR) is 96.6 cm³/mol. The van der Waals surface area contributed by atoms with Crippen LogP contribution in [0.1, 0.15) is 76.2 Å². The molecule has 1 aromatic rings. The summed E-state index contributed by atoms with van der Waals surface area (Å²) in [4.78, 5) is 4.42. The summed E-state index contributed by atoms with van der Waals surface area (Å²) in [5.74, 6) is 1.18. The summed E-state index contributed by atoms with van der Waals surface area (Å²) in [7, 11) is -1.19. The molecule has 1 unspecified atom stereocenters. The topological polar surface area (TPSA) is 17.8 Å². The summed E-state index contributed by atoms with van der Waals surface area (Å²) in [6.45, 7) is 11.9. The maximum Gasteiger partial charge on any atom is 0.105 e. The number of hydrogen-bond donors (Lipinski definition) is 0. The summed E-state index contributed by atoms with van der Waals surface area (Å²) in [5, 5.41) is 0. The van der Waals surface area contributed by atoms with E-state index >= 15 is 0 Å². The maximum atomic E-state index is 4.42. The number of nitrogens with zero attached hydrogens (tertiary/aromatic N) is 2. The third-order valence-corrected chi connectivity index (χ3v) is 7.10. The van der Waals surface area contributed by atoms with E-state index in [1.54, 1.807) is 0 Å². The minimum absolute atomic E-state index is 0.708. The van der Waals surface area contributed by atoms with Crippen molar-refractivity contribution in [2.24, 2.45) is 0 Å². The Kier molecular flexibility index (Phi) is 8.31. The molecule has 0 aromatic carbocycles. The van der Waals surface area contributed by atoms with E-state index in [2.05, 4.69) is 49.2 Å². The smallest absolute Gasteiger partial charge is 0.105 e. The van der Waals surface area contributed by atoms with Crippen LogP contribution in [0.2, 0.25) is 19.6 Å². The molecule has 0 spiro atoms. The van der Waals surface area contributed by atoms with Gasteiger partial charge in [0.1, 0.15) is 5.82 Å². The van der Waals surface area contributed by atoms with Gasteiger partial charge in [-0.1, -0.05) is 77.9 Å². The molecule has 0 amide bonds. The Hall–Kier alpha value is -0.573. The van der Waals surface area contributed by atoms with Crippen molar-refractivity contribution in [1.82, 2.24) is 9.55 Å². The van der Waals surface area contributed by atoms with Crippen molar-refractivity contribution in [2.75, 3.05) is 0 Å². The van der Waals surface area contributed by atoms with Crippen LogP contribution in [0.15, 0.2) is 12.4 Å². The second-order valence-electron chi connectivity index (χ2n) is 7.53. The van der Waals surface area contributed by atoms with Crippen LogP contribution in [0.25, 0.3) is 0 Å². The van der Waals surface area contributed by atoms with Gasteiger partial charge in [0.15, 0.2) is 0 Å². The third kappa shape index (κ3) is 6.81. The molecule has 2 nitrogen and oxygen atoms in total. The summed E-state index contributed by atoms with van der Waals surface area (Å²) < 4.78 is 2.44. The highest BCUT2D eigenvalue weighted by atomic mass is 28.3. The molecule has 21 heavy (non-hydrogen) atoms. The minimum atomic E-state index is -1.19. The zero-order valence-electron chi connectivity index (χ0n) is 15.0. The van der Waals surface area contributed by atoms with E-state index in [0.717, 1.165) is 0 Å². The highest BCUT2D eigenvalue weighted by Crippen LogP contribution is 2.28. The van der Waals surface area contributed by atoms with Crippen molar-refractivity contribution in [3.63, 3.8) is 0 Å². The van der Waals surface area contributed by atoms with Crippen LogP contribution in [0.4, 0.5) is 0 Å². The lowest BCUT2D eigenvalue weighted by Gasteiger charge is -2.31. The van der Waals surface area contributed by atoms with Gasteiger partial charge in [0, 0.05) is 18.1 Å². The lowest BCUT2D eigenvalue weighted by Crippen LogP contribution is -2.35. The van der Waals surface area contributed by atoms with Crippen molar-refractivity contribution in [1.29, 1.82) is 0 Å². The predicted octanol–water partition coefficient (Wildman–Crippen LogP) is 6.14. The molecule has 0 fully saturated rings. The monoisotopic (exact) mass is 308 g/mol. The Labute approximate surface area is 133 Å². The molecule has 1 atom stereocenters. The molecular weight excluding hydrogens is 272 g/mol. The van der Waals surface area contributed by atoms with E-state index in [9.17, 15) is 0 Å². The average molecular weight is 309 g/mol. The normalized spacial score (nSPS) is 13.6. The largest absolute Gasteiger partial charge is 0.335 e. The van der Waals surface area contributed by atoms with Crippen molar-refractivity contribution < 1.29 is 0 Å².